The monoisotopic (exact) mass is 422 g/mol. The largest absolute Gasteiger partial charge is 0.373 e. The summed E-state index contributed by atoms with van der Waals surface area (Å²) in [6.45, 7) is 2.11. The molecule has 2 aromatic carbocycles. The van der Waals surface area contributed by atoms with Gasteiger partial charge in [0.15, 0.2) is 0 Å². The summed E-state index contributed by atoms with van der Waals surface area (Å²) in [6, 6.07) is 20.3. The van der Waals surface area contributed by atoms with Gasteiger partial charge < -0.3 is 19.0 Å². The van der Waals surface area contributed by atoms with Crippen LogP contribution in [0.2, 0.25) is 0 Å². The molecule has 0 spiro atoms. The van der Waals surface area contributed by atoms with Crippen LogP contribution in [0, 0.1) is 11.8 Å². The smallest absolute Gasteiger partial charge is 0.147 e. The first-order valence-electron chi connectivity index (χ1n) is 11.3. The first kappa shape index (κ1) is 23.4. The standard InChI is InChI=1S/C27H34O4/c28-19-26-15-16-27(31-22-30-21-24-12-6-2-7-13-24)18-25(26)14-8-3-9-17-29-20-23-10-4-1-5-11-23/h1-7,9-13,19,25-27H,8,14-18,20-22H2/b9-3-/t25-,26+,27-/m0/s1. The molecule has 0 unspecified atom stereocenters. The zero-order valence-electron chi connectivity index (χ0n) is 18.2. The molecule has 0 bridgehead atoms. The number of allylic oxidation sites excluding steroid dienone is 1. The molecule has 0 aromatic heterocycles. The van der Waals surface area contributed by atoms with Crippen molar-refractivity contribution in [2.24, 2.45) is 11.8 Å². The number of hydrogen-bond acceptors (Lipinski definition) is 4. The fourth-order valence-corrected chi connectivity index (χ4v) is 4.10. The minimum atomic E-state index is 0.146. The van der Waals surface area contributed by atoms with Crippen LogP contribution in [0.25, 0.3) is 0 Å². The third-order valence-corrected chi connectivity index (χ3v) is 5.86. The van der Waals surface area contributed by atoms with Crippen molar-refractivity contribution in [1.29, 1.82) is 0 Å². The van der Waals surface area contributed by atoms with E-state index in [4.69, 9.17) is 14.2 Å². The molecule has 0 amide bonds. The zero-order chi connectivity index (χ0) is 21.6. The van der Waals surface area contributed by atoms with E-state index in [-0.39, 0.29) is 12.0 Å². The number of ether oxygens (including phenoxy) is 3. The average molecular weight is 423 g/mol. The highest BCUT2D eigenvalue weighted by Gasteiger charge is 2.30. The molecule has 1 aliphatic carbocycles. The Hall–Kier alpha value is -2.27. The van der Waals surface area contributed by atoms with Crippen molar-refractivity contribution in [3.05, 3.63) is 83.9 Å². The summed E-state index contributed by atoms with van der Waals surface area (Å²) in [7, 11) is 0. The molecule has 0 radical (unpaired) electrons. The molecule has 1 fully saturated rings. The summed E-state index contributed by atoms with van der Waals surface area (Å²) in [5.74, 6) is 0.521. The molecule has 3 atom stereocenters. The molecule has 4 nitrogen and oxygen atoms in total. The van der Waals surface area contributed by atoms with Crippen LogP contribution < -0.4 is 0 Å². The van der Waals surface area contributed by atoms with Gasteiger partial charge in [-0.1, -0.05) is 72.8 Å². The van der Waals surface area contributed by atoms with Crippen LogP contribution in [0.3, 0.4) is 0 Å². The van der Waals surface area contributed by atoms with Crippen molar-refractivity contribution in [2.45, 2.75) is 51.4 Å². The molecule has 31 heavy (non-hydrogen) atoms. The number of carbonyl (C=O) groups is 1. The summed E-state index contributed by atoms with van der Waals surface area (Å²) in [5.41, 5.74) is 2.33. The molecule has 0 N–H and O–H groups in total. The first-order chi connectivity index (χ1) is 15.3. The van der Waals surface area contributed by atoms with E-state index in [2.05, 4.69) is 24.3 Å². The summed E-state index contributed by atoms with van der Waals surface area (Å²) < 4.78 is 17.3. The summed E-state index contributed by atoms with van der Waals surface area (Å²) in [6.07, 6.45) is 10.3. The Balaban J connectivity index is 1.30. The Morgan fingerprint density at radius 3 is 2.19 bits per heavy atom. The molecule has 0 heterocycles. The highest BCUT2D eigenvalue weighted by Crippen LogP contribution is 2.33. The lowest BCUT2D eigenvalue weighted by Gasteiger charge is -2.33. The van der Waals surface area contributed by atoms with Crippen molar-refractivity contribution in [2.75, 3.05) is 13.4 Å². The second-order valence-corrected chi connectivity index (χ2v) is 8.16. The maximum absolute atomic E-state index is 11.5. The van der Waals surface area contributed by atoms with Crippen LogP contribution >= 0.6 is 0 Å². The molecule has 4 heteroatoms. The van der Waals surface area contributed by atoms with E-state index >= 15 is 0 Å². The van der Waals surface area contributed by atoms with Gasteiger partial charge in [-0.3, -0.25) is 0 Å². The minimum Gasteiger partial charge on any atom is -0.373 e. The van der Waals surface area contributed by atoms with Crippen molar-refractivity contribution < 1.29 is 19.0 Å². The van der Waals surface area contributed by atoms with Crippen LogP contribution in [-0.2, 0) is 32.2 Å². The molecule has 1 saturated carbocycles. The predicted molar refractivity (Wildman–Crippen MR) is 122 cm³/mol. The van der Waals surface area contributed by atoms with E-state index in [1.807, 2.05) is 48.5 Å². The Kier molecular flexibility index (Phi) is 10.5. The number of rotatable bonds is 13. The Labute approximate surface area is 186 Å². The lowest BCUT2D eigenvalue weighted by molar-refractivity contribution is -0.125. The molecular weight excluding hydrogens is 388 g/mol. The fourth-order valence-electron chi connectivity index (χ4n) is 4.10. The van der Waals surface area contributed by atoms with Gasteiger partial charge in [0.1, 0.15) is 13.1 Å². The minimum absolute atomic E-state index is 0.146. The third-order valence-electron chi connectivity index (χ3n) is 5.86. The van der Waals surface area contributed by atoms with E-state index in [1.54, 1.807) is 0 Å². The zero-order valence-corrected chi connectivity index (χ0v) is 18.2. The van der Waals surface area contributed by atoms with Crippen LogP contribution in [0.15, 0.2) is 72.8 Å². The van der Waals surface area contributed by atoms with Gasteiger partial charge in [0.2, 0.25) is 0 Å². The summed E-state index contributed by atoms with van der Waals surface area (Å²) >= 11 is 0. The molecule has 1 aliphatic rings. The average Bonchev–Trinajstić information content (AvgIpc) is 2.83. The Morgan fingerprint density at radius 2 is 1.52 bits per heavy atom. The van der Waals surface area contributed by atoms with Gasteiger partial charge in [0, 0.05) is 5.92 Å². The van der Waals surface area contributed by atoms with Crippen LogP contribution in [0.1, 0.15) is 43.2 Å². The van der Waals surface area contributed by atoms with Gasteiger partial charge in [-0.05, 0) is 49.1 Å². The lowest BCUT2D eigenvalue weighted by Crippen LogP contribution is -2.31. The van der Waals surface area contributed by atoms with Crippen molar-refractivity contribution in [3.8, 4) is 0 Å². The number of hydrogen-bond donors (Lipinski definition) is 0. The number of aldehydes is 1. The summed E-state index contributed by atoms with van der Waals surface area (Å²) in [5, 5.41) is 0. The van der Waals surface area contributed by atoms with Crippen molar-refractivity contribution in [3.63, 3.8) is 0 Å². The quantitative estimate of drug-likeness (QED) is 0.179. The van der Waals surface area contributed by atoms with E-state index in [0.717, 1.165) is 44.0 Å². The molecular formula is C27H34O4. The molecule has 166 valence electrons. The second kappa shape index (κ2) is 13.9. The van der Waals surface area contributed by atoms with E-state index in [0.29, 0.717) is 32.5 Å². The molecule has 0 saturated heterocycles. The number of benzene rings is 2. The van der Waals surface area contributed by atoms with Crippen LogP contribution in [0.4, 0.5) is 0 Å². The Morgan fingerprint density at radius 1 is 0.839 bits per heavy atom. The normalized spacial score (nSPS) is 21.4. The van der Waals surface area contributed by atoms with E-state index in [1.165, 1.54) is 5.56 Å². The van der Waals surface area contributed by atoms with Gasteiger partial charge in [-0.2, -0.15) is 0 Å². The predicted octanol–water partition coefficient (Wildman–Crippen LogP) is 5.71. The van der Waals surface area contributed by atoms with Crippen molar-refractivity contribution in [1.82, 2.24) is 0 Å². The molecule has 0 aliphatic heterocycles. The van der Waals surface area contributed by atoms with Gasteiger partial charge >= 0.3 is 0 Å². The molecule has 3 rings (SSSR count). The maximum atomic E-state index is 11.5. The maximum Gasteiger partial charge on any atom is 0.147 e. The van der Waals surface area contributed by atoms with Gasteiger partial charge in [0.25, 0.3) is 0 Å². The second-order valence-electron chi connectivity index (χ2n) is 8.16. The first-order valence-corrected chi connectivity index (χ1v) is 11.3. The molecule has 2 aromatic rings. The van der Waals surface area contributed by atoms with E-state index in [9.17, 15) is 4.79 Å². The van der Waals surface area contributed by atoms with Gasteiger partial charge in [-0.15, -0.1) is 0 Å². The fraction of sp³-hybridized carbons (Fsp3) is 0.444. The SMILES string of the molecule is O=C[C@H]1CC[C@H](OCOCc2ccccc2)C[C@@H]1CC/C=C\COCc1ccccc1. The number of carbonyl (C=O) groups excluding carboxylic acids is 1. The highest BCUT2D eigenvalue weighted by atomic mass is 16.7. The van der Waals surface area contributed by atoms with Crippen LogP contribution in [0.5, 0.6) is 0 Å². The topological polar surface area (TPSA) is 44.8 Å². The lowest BCUT2D eigenvalue weighted by atomic mass is 9.76. The van der Waals surface area contributed by atoms with Gasteiger partial charge in [0.05, 0.1) is 25.9 Å². The van der Waals surface area contributed by atoms with E-state index < -0.39 is 0 Å². The summed E-state index contributed by atoms with van der Waals surface area (Å²) in [4.78, 5) is 11.5. The Bertz CT molecular complexity index is 759. The van der Waals surface area contributed by atoms with Gasteiger partial charge in [-0.25, -0.2) is 0 Å². The van der Waals surface area contributed by atoms with Crippen LogP contribution in [-0.4, -0.2) is 25.8 Å². The highest BCUT2D eigenvalue weighted by molar-refractivity contribution is 5.54. The third kappa shape index (κ3) is 8.78. The van der Waals surface area contributed by atoms with Crippen molar-refractivity contribution >= 4 is 6.29 Å².